The number of ether oxygens (including phenoxy) is 1. The Morgan fingerprint density at radius 1 is 1.22 bits per heavy atom. The fourth-order valence-electron chi connectivity index (χ4n) is 1.79. The zero-order valence-corrected chi connectivity index (χ0v) is 10.9. The van der Waals surface area contributed by atoms with Crippen LogP contribution in [0.15, 0.2) is 12.1 Å². The van der Waals surface area contributed by atoms with Gasteiger partial charge in [0.05, 0.1) is 0 Å². The first-order chi connectivity index (χ1) is 8.45. The molecule has 0 spiro atoms. The molecule has 0 saturated heterocycles. The van der Waals surface area contributed by atoms with Gasteiger partial charge >= 0.3 is 5.97 Å². The molecular weight excluding hydrogens is 232 g/mol. The summed E-state index contributed by atoms with van der Waals surface area (Å²) in [5, 5.41) is 8.59. The van der Waals surface area contributed by atoms with Crippen molar-refractivity contribution in [3.05, 3.63) is 28.8 Å². The molecule has 1 N–H and O–H groups in total. The fraction of sp³-hybridized carbons (Fsp3) is 0.429. The second kappa shape index (κ2) is 6.19. The highest BCUT2D eigenvalue weighted by molar-refractivity contribution is 5.97. The lowest BCUT2D eigenvalue weighted by Gasteiger charge is -2.11. The summed E-state index contributed by atoms with van der Waals surface area (Å²) in [6, 6.07) is 3.49. The minimum atomic E-state index is -1.03. The van der Waals surface area contributed by atoms with E-state index in [1.165, 1.54) is 0 Å². The van der Waals surface area contributed by atoms with Gasteiger partial charge < -0.3 is 9.84 Å². The molecule has 1 rings (SSSR count). The van der Waals surface area contributed by atoms with E-state index in [1.54, 1.807) is 6.07 Å². The van der Waals surface area contributed by atoms with Gasteiger partial charge in [0.1, 0.15) is 5.75 Å². The quantitative estimate of drug-likeness (QED) is 0.788. The van der Waals surface area contributed by atoms with Crippen LogP contribution in [0.3, 0.4) is 0 Å². The lowest BCUT2D eigenvalue weighted by atomic mass is 9.99. The summed E-state index contributed by atoms with van der Waals surface area (Å²) in [5.41, 5.74) is 2.35. The summed E-state index contributed by atoms with van der Waals surface area (Å²) in [7, 11) is 0. The monoisotopic (exact) mass is 250 g/mol. The largest absolute Gasteiger partial charge is 0.482 e. The van der Waals surface area contributed by atoms with Gasteiger partial charge in [0, 0.05) is 12.0 Å². The smallest absolute Gasteiger partial charge is 0.341 e. The van der Waals surface area contributed by atoms with Crippen LogP contribution >= 0.6 is 0 Å². The number of carboxylic acids is 1. The molecule has 0 unspecified atom stereocenters. The minimum Gasteiger partial charge on any atom is -0.482 e. The molecule has 0 amide bonds. The second-order valence-corrected chi connectivity index (χ2v) is 4.29. The molecule has 98 valence electrons. The predicted molar refractivity (Wildman–Crippen MR) is 68.3 cm³/mol. The van der Waals surface area contributed by atoms with Crippen molar-refractivity contribution in [3.8, 4) is 5.75 Å². The number of carbonyl (C=O) groups is 2. The van der Waals surface area contributed by atoms with E-state index in [2.05, 4.69) is 0 Å². The van der Waals surface area contributed by atoms with E-state index in [1.807, 2.05) is 26.8 Å². The molecule has 0 bridgehead atoms. The highest BCUT2D eigenvalue weighted by atomic mass is 16.5. The van der Waals surface area contributed by atoms with Crippen LogP contribution in [0.2, 0.25) is 0 Å². The van der Waals surface area contributed by atoms with E-state index < -0.39 is 12.6 Å². The number of aryl methyl sites for hydroxylation is 2. The van der Waals surface area contributed by atoms with E-state index in [4.69, 9.17) is 9.84 Å². The zero-order valence-electron chi connectivity index (χ0n) is 10.9. The van der Waals surface area contributed by atoms with Crippen LogP contribution in [0, 0.1) is 13.8 Å². The Hall–Kier alpha value is -1.84. The summed E-state index contributed by atoms with van der Waals surface area (Å²) < 4.78 is 5.17. The van der Waals surface area contributed by atoms with Crippen molar-refractivity contribution in [2.75, 3.05) is 6.61 Å². The number of hydrogen-bond acceptors (Lipinski definition) is 3. The van der Waals surface area contributed by atoms with Gasteiger partial charge in [0.25, 0.3) is 0 Å². The highest BCUT2D eigenvalue weighted by Crippen LogP contribution is 2.24. The van der Waals surface area contributed by atoms with Gasteiger partial charge in [-0.1, -0.05) is 13.0 Å². The summed E-state index contributed by atoms with van der Waals surface area (Å²) in [6.45, 7) is 5.25. The molecule has 4 nitrogen and oxygen atoms in total. The number of carboxylic acid groups (broad SMARTS) is 1. The topological polar surface area (TPSA) is 63.6 Å². The maximum atomic E-state index is 11.9. The molecule has 0 fully saturated rings. The number of aliphatic carboxylic acids is 1. The van der Waals surface area contributed by atoms with Gasteiger partial charge in [-0.2, -0.15) is 0 Å². The second-order valence-electron chi connectivity index (χ2n) is 4.29. The number of hydrogen-bond donors (Lipinski definition) is 1. The maximum absolute atomic E-state index is 11.9. The summed E-state index contributed by atoms with van der Waals surface area (Å²) in [6.07, 6.45) is 1.28. The van der Waals surface area contributed by atoms with Crippen LogP contribution in [0.25, 0.3) is 0 Å². The van der Waals surface area contributed by atoms with Crippen LogP contribution in [-0.4, -0.2) is 23.5 Å². The fourth-order valence-corrected chi connectivity index (χ4v) is 1.79. The average Bonchev–Trinajstić information content (AvgIpc) is 2.27. The molecule has 1 aromatic rings. The van der Waals surface area contributed by atoms with Crippen molar-refractivity contribution in [2.24, 2.45) is 0 Å². The minimum absolute atomic E-state index is 0.0650. The van der Waals surface area contributed by atoms with Crippen molar-refractivity contribution in [2.45, 2.75) is 33.6 Å². The molecular formula is C14H18O4. The molecule has 0 aliphatic heterocycles. The van der Waals surface area contributed by atoms with E-state index in [9.17, 15) is 9.59 Å². The molecule has 1 aromatic carbocycles. The SMILES string of the molecule is CCCC(=O)c1cc(OCC(=O)O)c(C)cc1C. The number of rotatable bonds is 6. The van der Waals surface area contributed by atoms with E-state index >= 15 is 0 Å². The molecule has 0 aliphatic rings. The Morgan fingerprint density at radius 2 is 1.89 bits per heavy atom. The van der Waals surface area contributed by atoms with Crippen LogP contribution in [-0.2, 0) is 4.79 Å². The van der Waals surface area contributed by atoms with Gasteiger partial charge in [-0.3, -0.25) is 4.79 Å². The van der Waals surface area contributed by atoms with Crippen molar-refractivity contribution >= 4 is 11.8 Å². The van der Waals surface area contributed by atoms with Crippen LogP contribution in [0.5, 0.6) is 5.75 Å². The number of ketones is 1. The van der Waals surface area contributed by atoms with Crippen molar-refractivity contribution < 1.29 is 19.4 Å². The average molecular weight is 250 g/mol. The third-order valence-corrected chi connectivity index (χ3v) is 2.65. The molecule has 0 aliphatic carbocycles. The number of carbonyl (C=O) groups excluding carboxylic acids is 1. The normalized spacial score (nSPS) is 10.2. The van der Waals surface area contributed by atoms with Crippen molar-refractivity contribution in [3.63, 3.8) is 0 Å². The maximum Gasteiger partial charge on any atom is 0.341 e. The lowest BCUT2D eigenvalue weighted by Crippen LogP contribution is -2.11. The third kappa shape index (κ3) is 3.58. The zero-order chi connectivity index (χ0) is 13.7. The first kappa shape index (κ1) is 14.2. The van der Waals surface area contributed by atoms with Crippen LogP contribution in [0.1, 0.15) is 41.3 Å². The molecule has 0 aromatic heterocycles. The molecule has 0 saturated carbocycles. The Morgan fingerprint density at radius 3 is 2.44 bits per heavy atom. The number of benzene rings is 1. The van der Waals surface area contributed by atoms with Crippen LogP contribution in [0.4, 0.5) is 0 Å². The van der Waals surface area contributed by atoms with Gasteiger partial charge in [-0.05, 0) is 37.5 Å². The Bertz CT molecular complexity index is 463. The first-order valence-corrected chi connectivity index (χ1v) is 5.94. The van der Waals surface area contributed by atoms with Crippen molar-refractivity contribution in [1.29, 1.82) is 0 Å². The first-order valence-electron chi connectivity index (χ1n) is 5.94. The van der Waals surface area contributed by atoms with Gasteiger partial charge in [0.2, 0.25) is 0 Å². The lowest BCUT2D eigenvalue weighted by molar-refractivity contribution is -0.139. The summed E-state index contributed by atoms with van der Waals surface area (Å²) >= 11 is 0. The molecule has 0 heterocycles. The van der Waals surface area contributed by atoms with E-state index in [0.29, 0.717) is 17.7 Å². The standard InChI is InChI=1S/C14H18O4/c1-4-5-12(15)11-7-13(18-8-14(16)17)10(3)6-9(11)2/h6-7H,4-5,8H2,1-3H3,(H,16,17). The molecule has 0 radical (unpaired) electrons. The number of Topliss-reactive ketones (excluding diaryl/α,β-unsaturated/α-hetero) is 1. The summed E-state index contributed by atoms with van der Waals surface area (Å²) in [4.78, 5) is 22.4. The Labute approximate surface area is 107 Å². The molecule has 18 heavy (non-hydrogen) atoms. The molecule has 0 atom stereocenters. The van der Waals surface area contributed by atoms with Crippen LogP contribution < -0.4 is 4.74 Å². The third-order valence-electron chi connectivity index (χ3n) is 2.65. The Balaban J connectivity index is 3.01. The van der Waals surface area contributed by atoms with E-state index in [-0.39, 0.29) is 5.78 Å². The summed E-state index contributed by atoms with van der Waals surface area (Å²) in [5.74, 6) is -0.506. The highest BCUT2D eigenvalue weighted by Gasteiger charge is 2.12. The Kier molecular flexibility index (Phi) is 4.89. The van der Waals surface area contributed by atoms with Gasteiger partial charge in [-0.15, -0.1) is 0 Å². The molecule has 4 heteroatoms. The van der Waals surface area contributed by atoms with Gasteiger partial charge in [0.15, 0.2) is 12.4 Å². The van der Waals surface area contributed by atoms with Crippen molar-refractivity contribution in [1.82, 2.24) is 0 Å². The van der Waals surface area contributed by atoms with E-state index in [0.717, 1.165) is 17.5 Å². The van der Waals surface area contributed by atoms with Gasteiger partial charge in [-0.25, -0.2) is 4.79 Å². The predicted octanol–water partition coefficient (Wildman–Crippen LogP) is 2.75.